The highest BCUT2D eigenvalue weighted by molar-refractivity contribution is 9.10. The number of carboxylic acids is 1. The molecule has 1 amide bonds. The number of carboxylic acid groups (broad SMARTS) is 1. The van der Waals surface area contributed by atoms with Crippen LogP contribution in [0, 0.1) is 6.92 Å². The number of carbonyl (C=O) groups is 2. The van der Waals surface area contributed by atoms with Gasteiger partial charge in [-0.25, -0.2) is 4.79 Å². The van der Waals surface area contributed by atoms with Crippen molar-refractivity contribution in [2.24, 2.45) is 0 Å². The van der Waals surface area contributed by atoms with Gasteiger partial charge in [0.05, 0.1) is 21.8 Å². The van der Waals surface area contributed by atoms with E-state index in [4.69, 9.17) is 16.7 Å². The van der Waals surface area contributed by atoms with Crippen LogP contribution in [-0.4, -0.2) is 17.0 Å². The zero-order chi connectivity index (χ0) is 15.6. The molecule has 0 heterocycles. The molecule has 0 fully saturated rings. The van der Waals surface area contributed by atoms with E-state index >= 15 is 0 Å². The first-order chi connectivity index (χ1) is 9.88. The van der Waals surface area contributed by atoms with Gasteiger partial charge in [-0.05, 0) is 53.2 Å². The van der Waals surface area contributed by atoms with Gasteiger partial charge in [-0.3, -0.25) is 4.79 Å². The van der Waals surface area contributed by atoms with Crippen molar-refractivity contribution >= 4 is 45.1 Å². The van der Waals surface area contributed by atoms with Gasteiger partial charge in [-0.2, -0.15) is 0 Å². The number of nitrogens with one attached hydrogen (secondary N) is 1. The summed E-state index contributed by atoms with van der Waals surface area (Å²) in [6.07, 6.45) is 0. The standard InChI is InChI=1S/C15H11BrClNO3/c1-8-2-4-11(16)10(6-8)14(19)18-13-5-3-9(15(20)21)7-12(13)17/h2-7H,1H3,(H,18,19)(H,20,21). The molecule has 6 heteroatoms. The number of carbonyl (C=O) groups excluding carboxylic acids is 1. The van der Waals surface area contributed by atoms with Crippen molar-refractivity contribution in [1.82, 2.24) is 0 Å². The molecular formula is C15H11BrClNO3. The Morgan fingerprint density at radius 1 is 1.19 bits per heavy atom. The van der Waals surface area contributed by atoms with Crippen LogP contribution < -0.4 is 5.32 Å². The highest BCUT2D eigenvalue weighted by Crippen LogP contribution is 2.25. The lowest BCUT2D eigenvalue weighted by Crippen LogP contribution is -2.13. The molecule has 0 atom stereocenters. The van der Waals surface area contributed by atoms with E-state index in [9.17, 15) is 9.59 Å². The molecule has 0 bridgehead atoms. The zero-order valence-electron chi connectivity index (χ0n) is 11.0. The van der Waals surface area contributed by atoms with Crippen molar-refractivity contribution in [3.63, 3.8) is 0 Å². The minimum Gasteiger partial charge on any atom is -0.478 e. The van der Waals surface area contributed by atoms with Gasteiger partial charge < -0.3 is 10.4 Å². The van der Waals surface area contributed by atoms with Gasteiger partial charge in [-0.1, -0.05) is 23.2 Å². The quantitative estimate of drug-likeness (QED) is 0.846. The minimum absolute atomic E-state index is 0.0646. The first-order valence-electron chi connectivity index (χ1n) is 5.99. The van der Waals surface area contributed by atoms with Gasteiger partial charge in [0.2, 0.25) is 0 Å². The number of hydrogen-bond donors (Lipinski definition) is 2. The molecular weight excluding hydrogens is 358 g/mol. The third kappa shape index (κ3) is 3.62. The smallest absolute Gasteiger partial charge is 0.335 e. The number of aromatic carboxylic acids is 1. The lowest BCUT2D eigenvalue weighted by molar-refractivity contribution is 0.0696. The topological polar surface area (TPSA) is 66.4 Å². The fourth-order valence-corrected chi connectivity index (χ4v) is 2.41. The van der Waals surface area contributed by atoms with Gasteiger partial charge in [0, 0.05) is 4.47 Å². The summed E-state index contributed by atoms with van der Waals surface area (Å²) in [4.78, 5) is 23.1. The second-order valence-corrected chi connectivity index (χ2v) is 5.70. The summed E-state index contributed by atoms with van der Waals surface area (Å²) in [6, 6.07) is 9.57. The van der Waals surface area contributed by atoms with Crippen molar-refractivity contribution in [2.45, 2.75) is 6.92 Å². The molecule has 2 aromatic carbocycles. The first-order valence-corrected chi connectivity index (χ1v) is 7.16. The maximum absolute atomic E-state index is 12.2. The summed E-state index contributed by atoms with van der Waals surface area (Å²) in [5.41, 5.74) is 1.86. The Morgan fingerprint density at radius 3 is 2.52 bits per heavy atom. The van der Waals surface area contributed by atoms with Crippen molar-refractivity contribution in [3.8, 4) is 0 Å². The van der Waals surface area contributed by atoms with Crippen molar-refractivity contribution in [1.29, 1.82) is 0 Å². The average Bonchev–Trinajstić information content (AvgIpc) is 2.43. The second kappa shape index (κ2) is 6.28. The van der Waals surface area contributed by atoms with Crippen LogP contribution in [0.4, 0.5) is 5.69 Å². The molecule has 0 aromatic heterocycles. The van der Waals surface area contributed by atoms with Crippen LogP contribution >= 0.6 is 27.5 Å². The van der Waals surface area contributed by atoms with E-state index in [-0.39, 0.29) is 16.5 Å². The normalized spacial score (nSPS) is 10.2. The Morgan fingerprint density at radius 2 is 1.90 bits per heavy atom. The van der Waals surface area contributed by atoms with Crippen LogP contribution in [0.2, 0.25) is 5.02 Å². The Labute approximate surface area is 134 Å². The molecule has 0 saturated carbocycles. The monoisotopic (exact) mass is 367 g/mol. The highest BCUT2D eigenvalue weighted by atomic mass is 79.9. The average molecular weight is 369 g/mol. The van der Waals surface area contributed by atoms with Crippen LogP contribution in [0.25, 0.3) is 0 Å². The summed E-state index contributed by atoms with van der Waals surface area (Å²) in [6.45, 7) is 1.89. The highest BCUT2D eigenvalue weighted by Gasteiger charge is 2.13. The SMILES string of the molecule is Cc1ccc(Br)c(C(=O)Nc2ccc(C(=O)O)cc2Cl)c1. The fourth-order valence-electron chi connectivity index (χ4n) is 1.75. The summed E-state index contributed by atoms with van der Waals surface area (Å²) in [5, 5.41) is 11.7. The van der Waals surface area contributed by atoms with E-state index in [1.54, 1.807) is 12.1 Å². The molecule has 108 valence electrons. The third-order valence-electron chi connectivity index (χ3n) is 2.83. The van der Waals surface area contributed by atoms with Crippen molar-refractivity contribution in [2.75, 3.05) is 5.32 Å². The molecule has 21 heavy (non-hydrogen) atoms. The molecule has 0 aliphatic heterocycles. The van der Waals surface area contributed by atoms with E-state index in [0.29, 0.717) is 15.7 Å². The Kier molecular flexibility index (Phi) is 4.65. The summed E-state index contributed by atoms with van der Waals surface area (Å²) in [5.74, 6) is -1.40. The number of aryl methyl sites for hydroxylation is 1. The molecule has 0 saturated heterocycles. The lowest BCUT2D eigenvalue weighted by Gasteiger charge is -2.09. The fraction of sp³-hybridized carbons (Fsp3) is 0.0667. The van der Waals surface area contributed by atoms with Crippen molar-refractivity contribution in [3.05, 3.63) is 62.6 Å². The van der Waals surface area contributed by atoms with Crippen LogP contribution in [0.5, 0.6) is 0 Å². The number of benzene rings is 2. The molecule has 2 aromatic rings. The van der Waals surface area contributed by atoms with E-state index in [2.05, 4.69) is 21.2 Å². The molecule has 2 N–H and O–H groups in total. The van der Waals surface area contributed by atoms with Gasteiger partial charge in [0.15, 0.2) is 0 Å². The Balaban J connectivity index is 2.27. The Bertz CT molecular complexity index is 731. The molecule has 0 aliphatic carbocycles. The molecule has 0 unspecified atom stereocenters. The Hall–Kier alpha value is -1.85. The molecule has 2 rings (SSSR count). The summed E-state index contributed by atoms with van der Waals surface area (Å²) < 4.78 is 0.670. The third-order valence-corrected chi connectivity index (χ3v) is 3.83. The van der Waals surface area contributed by atoms with Crippen LogP contribution in [0.15, 0.2) is 40.9 Å². The predicted octanol–water partition coefficient (Wildman–Crippen LogP) is 4.36. The number of anilines is 1. The molecule has 4 nitrogen and oxygen atoms in total. The van der Waals surface area contributed by atoms with E-state index in [0.717, 1.165) is 5.56 Å². The number of halogens is 2. The zero-order valence-corrected chi connectivity index (χ0v) is 13.3. The number of amides is 1. The van der Waals surface area contributed by atoms with Crippen LogP contribution in [0.1, 0.15) is 26.3 Å². The lowest BCUT2D eigenvalue weighted by atomic mass is 10.1. The van der Waals surface area contributed by atoms with Gasteiger partial charge in [-0.15, -0.1) is 0 Å². The summed E-state index contributed by atoms with van der Waals surface area (Å²) >= 11 is 9.31. The van der Waals surface area contributed by atoms with Gasteiger partial charge in [0.25, 0.3) is 5.91 Å². The van der Waals surface area contributed by atoms with E-state index in [1.165, 1.54) is 18.2 Å². The largest absolute Gasteiger partial charge is 0.478 e. The second-order valence-electron chi connectivity index (χ2n) is 4.44. The molecule has 0 aliphatic rings. The molecule has 0 spiro atoms. The number of rotatable bonds is 3. The van der Waals surface area contributed by atoms with Gasteiger partial charge >= 0.3 is 5.97 Å². The number of hydrogen-bond acceptors (Lipinski definition) is 2. The maximum Gasteiger partial charge on any atom is 0.335 e. The van der Waals surface area contributed by atoms with E-state index in [1.807, 2.05) is 13.0 Å². The first kappa shape index (κ1) is 15.5. The molecule has 0 radical (unpaired) electrons. The summed E-state index contributed by atoms with van der Waals surface area (Å²) in [7, 11) is 0. The maximum atomic E-state index is 12.2. The van der Waals surface area contributed by atoms with Gasteiger partial charge in [0.1, 0.15) is 0 Å². The van der Waals surface area contributed by atoms with Crippen LogP contribution in [-0.2, 0) is 0 Å². The minimum atomic E-state index is -1.07. The van der Waals surface area contributed by atoms with Crippen molar-refractivity contribution < 1.29 is 14.7 Å². The van der Waals surface area contributed by atoms with E-state index < -0.39 is 5.97 Å². The van der Waals surface area contributed by atoms with Crippen LogP contribution in [0.3, 0.4) is 0 Å². The predicted molar refractivity (Wildman–Crippen MR) is 85.2 cm³/mol.